The average molecular weight is 172 g/mol. The zero-order chi connectivity index (χ0) is 9.78. The summed E-state index contributed by atoms with van der Waals surface area (Å²) in [4.78, 5) is 0. The molecule has 0 radical (unpaired) electrons. The lowest BCUT2D eigenvalue weighted by atomic mass is 9.86. The highest BCUT2D eigenvalue weighted by Gasteiger charge is 2.19. The van der Waals surface area contributed by atoms with Gasteiger partial charge in [-0.1, -0.05) is 13.8 Å². The number of hydrogen-bond acceptors (Lipinski definition) is 4. The van der Waals surface area contributed by atoms with Gasteiger partial charge in [0.15, 0.2) is 0 Å². The summed E-state index contributed by atoms with van der Waals surface area (Å²) >= 11 is 0. The molecule has 0 aromatic heterocycles. The lowest BCUT2D eigenvalue weighted by Gasteiger charge is -2.25. The Morgan fingerprint density at radius 2 is 2.00 bits per heavy atom. The van der Waals surface area contributed by atoms with Crippen LogP contribution in [0.5, 0.6) is 0 Å². The van der Waals surface area contributed by atoms with Crippen molar-refractivity contribution in [3.8, 4) is 0 Å². The Morgan fingerprint density at radius 1 is 1.50 bits per heavy atom. The summed E-state index contributed by atoms with van der Waals surface area (Å²) in [7, 11) is 1.74. The van der Waals surface area contributed by atoms with Crippen LogP contribution in [0.25, 0.3) is 0 Å². The molecule has 0 spiro atoms. The fourth-order valence-electron chi connectivity index (χ4n) is 0.899. The van der Waals surface area contributed by atoms with E-state index in [-0.39, 0.29) is 5.41 Å². The van der Waals surface area contributed by atoms with Gasteiger partial charge in [-0.15, -0.1) is 0 Å². The lowest BCUT2D eigenvalue weighted by molar-refractivity contribution is 0.387. The maximum absolute atomic E-state index is 5.82. The highest BCUT2D eigenvalue weighted by molar-refractivity contribution is 5.06. The molecule has 4 nitrogen and oxygen atoms in total. The predicted molar refractivity (Wildman–Crippen MR) is 51.7 cm³/mol. The van der Waals surface area contributed by atoms with Crippen LogP contribution in [0.3, 0.4) is 0 Å². The second-order valence-corrected chi connectivity index (χ2v) is 3.67. The molecule has 4 heteroatoms. The largest absolute Gasteiger partial charge is 0.400 e. The Balaban J connectivity index is 4.33. The first-order chi connectivity index (χ1) is 5.40. The molecule has 0 bridgehead atoms. The fourth-order valence-corrected chi connectivity index (χ4v) is 0.899. The second kappa shape index (κ2) is 4.33. The van der Waals surface area contributed by atoms with Gasteiger partial charge in [0.1, 0.15) is 0 Å². The normalized spacial score (nSPS) is 13.2. The highest BCUT2D eigenvalue weighted by Crippen LogP contribution is 2.25. The van der Waals surface area contributed by atoms with E-state index in [4.69, 9.17) is 17.3 Å². The molecule has 0 aromatic rings. The van der Waals surface area contributed by atoms with Crippen molar-refractivity contribution in [1.82, 2.24) is 5.01 Å². The van der Waals surface area contributed by atoms with E-state index in [0.717, 1.165) is 12.1 Å². The van der Waals surface area contributed by atoms with Gasteiger partial charge in [0.05, 0.1) is 0 Å². The quantitative estimate of drug-likeness (QED) is 0.411. The van der Waals surface area contributed by atoms with Crippen molar-refractivity contribution in [3.63, 3.8) is 0 Å². The first-order valence-electron chi connectivity index (χ1n) is 4.05. The van der Waals surface area contributed by atoms with Gasteiger partial charge in [-0.3, -0.25) is 0 Å². The van der Waals surface area contributed by atoms with Gasteiger partial charge < -0.3 is 16.5 Å². The molecule has 6 N–H and O–H groups in total. The van der Waals surface area contributed by atoms with Crippen molar-refractivity contribution in [2.75, 3.05) is 13.6 Å². The van der Waals surface area contributed by atoms with Crippen LogP contribution in [-0.4, -0.2) is 18.6 Å². The van der Waals surface area contributed by atoms with Crippen molar-refractivity contribution in [2.24, 2.45) is 22.7 Å². The SMILES string of the molecule is CN(N)/C=C(\N)C(C)(C)CCN. The summed E-state index contributed by atoms with van der Waals surface area (Å²) in [6, 6.07) is 0. The third-order valence-corrected chi connectivity index (χ3v) is 1.89. The van der Waals surface area contributed by atoms with Crippen LogP contribution in [0.15, 0.2) is 11.9 Å². The molecule has 0 aliphatic heterocycles. The van der Waals surface area contributed by atoms with Crippen LogP contribution in [0, 0.1) is 5.41 Å². The summed E-state index contributed by atoms with van der Waals surface area (Å²) in [5.74, 6) is 5.43. The van der Waals surface area contributed by atoms with Gasteiger partial charge in [0.2, 0.25) is 0 Å². The van der Waals surface area contributed by atoms with Crippen molar-refractivity contribution in [2.45, 2.75) is 20.3 Å². The zero-order valence-corrected chi connectivity index (χ0v) is 8.17. The van der Waals surface area contributed by atoms with E-state index in [1.165, 1.54) is 5.01 Å². The number of nitrogens with zero attached hydrogens (tertiary/aromatic N) is 1. The lowest BCUT2D eigenvalue weighted by Crippen LogP contribution is -2.29. The maximum Gasteiger partial charge on any atom is 0.0345 e. The molecule has 0 rings (SSSR count). The van der Waals surface area contributed by atoms with Gasteiger partial charge >= 0.3 is 0 Å². The molecule has 0 amide bonds. The van der Waals surface area contributed by atoms with Crippen LogP contribution in [0.4, 0.5) is 0 Å². The predicted octanol–water partition coefficient (Wildman–Crippen LogP) is -0.0330. The standard InChI is InChI=1S/C8H20N4/c1-8(2,4-5-9)7(10)6-12(3)11/h6H,4-5,9-11H2,1-3H3/b7-6-. The first kappa shape index (κ1) is 11.3. The molecule has 0 saturated heterocycles. The second-order valence-electron chi connectivity index (χ2n) is 3.67. The molecule has 0 aromatic carbocycles. The molecular weight excluding hydrogens is 152 g/mol. The minimum absolute atomic E-state index is 0.0671. The molecule has 0 aliphatic carbocycles. The topological polar surface area (TPSA) is 81.3 Å². The van der Waals surface area contributed by atoms with Crippen LogP contribution in [0.2, 0.25) is 0 Å². The zero-order valence-electron chi connectivity index (χ0n) is 8.17. The molecule has 12 heavy (non-hydrogen) atoms. The smallest absolute Gasteiger partial charge is 0.0345 e. The van der Waals surface area contributed by atoms with Crippen LogP contribution >= 0.6 is 0 Å². The van der Waals surface area contributed by atoms with Gasteiger partial charge in [0, 0.05) is 24.4 Å². The molecule has 0 atom stereocenters. The van der Waals surface area contributed by atoms with Crippen molar-refractivity contribution < 1.29 is 0 Å². The van der Waals surface area contributed by atoms with E-state index in [1.54, 1.807) is 13.2 Å². The number of hydrazine groups is 1. The van der Waals surface area contributed by atoms with E-state index in [0.29, 0.717) is 6.54 Å². The number of rotatable bonds is 4. The van der Waals surface area contributed by atoms with Crippen LogP contribution in [0.1, 0.15) is 20.3 Å². The Labute approximate surface area is 74.4 Å². The molecule has 0 aliphatic rings. The summed E-state index contributed by atoms with van der Waals surface area (Å²) in [6.45, 7) is 4.74. The Kier molecular flexibility index (Phi) is 4.06. The van der Waals surface area contributed by atoms with Crippen LogP contribution < -0.4 is 17.3 Å². The van der Waals surface area contributed by atoms with Crippen molar-refractivity contribution in [3.05, 3.63) is 11.9 Å². The van der Waals surface area contributed by atoms with E-state index >= 15 is 0 Å². The molecule has 0 unspecified atom stereocenters. The van der Waals surface area contributed by atoms with Gasteiger partial charge in [-0.05, 0) is 13.0 Å². The summed E-state index contributed by atoms with van der Waals surface area (Å²) < 4.78 is 0. The van der Waals surface area contributed by atoms with Crippen LogP contribution in [-0.2, 0) is 0 Å². The monoisotopic (exact) mass is 172 g/mol. The molecule has 72 valence electrons. The molecule has 0 fully saturated rings. The highest BCUT2D eigenvalue weighted by atomic mass is 15.4. The van der Waals surface area contributed by atoms with E-state index in [2.05, 4.69) is 13.8 Å². The summed E-state index contributed by atoms with van der Waals surface area (Å²) in [6.07, 6.45) is 2.58. The number of allylic oxidation sites excluding steroid dienone is 1. The van der Waals surface area contributed by atoms with E-state index in [1.807, 2.05) is 0 Å². The minimum Gasteiger partial charge on any atom is -0.400 e. The number of nitrogens with two attached hydrogens (primary N) is 3. The van der Waals surface area contributed by atoms with E-state index in [9.17, 15) is 0 Å². The van der Waals surface area contributed by atoms with Gasteiger partial charge in [0.25, 0.3) is 0 Å². The Morgan fingerprint density at radius 3 is 2.33 bits per heavy atom. The Hall–Kier alpha value is -0.740. The number of hydrogen-bond donors (Lipinski definition) is 3. The van der Waals surface area contributed by atoms with Gasteiger partial charge in [-0.25, -0.2) is 5.84 Å². The first-order valence-corrected chi connectivity index (χ1v) is 4.05. The Bertz CT molecular complexity index is 160. The minimum atomic E-state index is -0.0671. The summed E-state index contributed by atoms with van der Waals surface area (Å²) in [5, 5.41) is 1.45. The van der Waals surface area contributed by atoms with Crippen molar-refractivity contribution in [1.29, 1.82) is 0 Å². The third-order valence-electron chi connectivity index (χ3n) is 1.89. The fraction of sp³-hybridized carbons (Fsp3) is 0.750. The van der Waals surface area contributed by atoms with Gasteiger partial charge in [-0.2, -0.15) is 0 Å². The maximum atomic E-state index is 5.82. The third kappa shape index (κ3) is 3.59. The molecule has 0 saturated carbocycles. The van der Waals surface area contributed by atoms with Crippen molar-refractivity contribution >= 4 is 0 Å². The van der Waals surface area contributed by atoms with E-state index < -0.39 is 0 Å². The average Bonchev–Trinajstić information content (AvgIpc) is 1.85. The summed E-state index contributed by atoms with van der Waals surface area (Å²) in [5.41, 5.74) is 12.0. The molecular formula is C8H20N4. The molecule has 0 heterocycles.